The van der Waals surface area contributed by atoms with Gasteiger partial charge in [-0.05, 0) is 30.7 Å². The zero-order valence-electron chi connectivity index (χ0n) is 11.3. The molecule has 104 valence electrons. The summed E-state index contributed by atoms with van der Waals surface area (Å²) in [6, 6.07) is 3.81. The molecule has 1 amide bonds. The number of hydrogen-bond donors (Lipinski definition) is 2. The van der Waals surface area contributed by atoms with E-state index < -0.39 is 0 Å². The molecule has 0 radical (unpaired) electrons. The molecule has 1 aliphatic rings. The molecule has 4 nitrogen and oxygen atoms in total. The first-order valence-corrected chi connectivity index (χ1v) is 7.87. The molecule has 2 atom stereocenters. The van der Waals surface area contributed by atoms with Crippen molar-refractivity contribution in [3.8, 4) is 0 Å². The fourth-order valence-corrected chi connectivity index (χ4v) is 3.69. The average Bonchev–Trinajstić information content (AvgIpc) is 2.86. The van der Waals surface area contributed by atoms with Crippen molar-refractivity contribution < 1.29 is 4.79 Å². The SMILES string of the molecule is CCSC1CCCC1NC(=O)c1ccnc(CN)c1. The van der Waals surface area contributed by atoms with Crippen molar-refractivity contribution in [1.29, 1.82) is 0 Å². The van der Waals surface area contributed by atoms with Crippen LogP contribution in [0.1, 0.15) is 42.2 Å². The molecule has 1 aromatic heterocycles. The van der Waals surface area contributed by atoms with Gasteiger partial charge in [0.25, 0.3) is 5.91 Å². The molecule has 2 rings (SSSR count). The highest BCUT2D eigenvalue weighted by atomic mass is 32.2. The Hall–Kier alpha value is -1.07. The van der Waals surface area contributed by atoms with Gasteiger partial charge in [-0.25, -0.2) is 0 Å². The van der Waals surface area contributed by atoms with Crippen LogP contribution in [-0.4, -0.2) is 27.9 Å². The zero-order valence-corrected chi connectivity index (χ0v) is 12.1. The van der Waals surface area contributed by atoms with Crippen LogP contribution in [-0.2, 0) is 6.54 Å². The van der Waals surface area contributed by atoms with E-state index in [-0.39, 0.29) is 5.91 Å². The van der Waals surface area contributed by atoms with Crippen LogP contribution in [0.2, 0.25) is 0 Å². The molecule has 1 aromatic rings. The Labute approximate surface area is 118 Å². The highest BCUT2D eigenvalue weighted by Gasteiger charge is 2.28. The van der Waals surface area contributed by atoms with Gasteiger partial charge in [0, 0.05) is 29.6 Å². The van der Waals surface area contributed by atoms with Gasteiger partial charge in [-0.2, -0.15) is 11.8 Å². The minimum absolute atomic E-state index is 0.00861. The van der Waals surface area contributed by atoms with Crippen molar-refractivity contribution in [2.45, 2.75) is 44.0 Å². The van der Waals surface area contributed by atoms with Crippen LogP contribution in [0.3, 0.4) is 0 Å². The summed E-state index contributed by atoms with van der Waals surface area (Å²) < 4.78 is 0. The van der Waals surface area contributed by atoms with Crippen molar-refractivity contribution in [3.63, 3.8) is 0 Å². The minimum Gasteiger partial charge on any atom is -0.348 e. The summed E-state index contributed by atoms with van der Waals surface area (Å²) in [4.78, 5) is 16.3. The highest BCUT2D eigenvalue weighted by molar-refractivity contribution is 7.99. The summed E-state index contributed by atoms with van der Waals surface area (Å²) in [5, 5.41) is 3.71. The Kier molecular flexibility index (Phi) is 5.22. The smallest absolute Gasteiger partial charge is 0.251 e. The fraction of sp³-hybridized carbons (Fsp3) is 0.571. The van der Waals surface area contributed by atoms with Crippen molar-refractivity contribution in [3.05, 3.63) is 29.6 Å². The first kappa shape index (κ1) is 14.3. The fourth-order valence-electron chi connectivity index (χ4n) is 2.49. The molecule has 2 unspecified atom stereocenters. The number of nitrogens with two attached hydrogens (primary N) is 1. The average molecular weight is 279 g/mol. The summed E-state index contributed by atoms with van der Waals surface area (Å²) >= 11 is 1.94. The van der Waals surface area contributed by atoms with E-state index in [9.17, 15) is 4.79 Å². The number of pyridine rings is 1. The third kappa shape index (κ3) is 3.70. The molecule has 1 saturated carbocycles. The second-order valence-electron chi connectivity index (χ2n) is 4.74. The van der Waals surface area contributed by atoms with Gasteiger partial charge in [-0.15, -0.1) is 0 Å². The summed E-state index contributed by atoms with van der Waals surface area (Å²) in [6.07, 6.45) is 5.13. The van der Waals surface area contributed by atoms with Crippen LogP contribution < -0.4 is 11.1 Å². The Morgan fingerprint density at radius 3 is 3.16 bits per heavy atom. The topological polar surface area (TPSA) is 68.0 Å². The maximum atomic E-state index is 12.2. The Bertz CT molecular complexity index is 438. The van der Waals surface area contributed by atoms with E-state index in [1.165, 1.54) is 12.8 Å². The maximum Gasteiger partial charge on any atom is 0.251 e. The van der Waals surface area contributed by atoms with Gasteiger partial charge in [0.05, 0.1) is 5.69 Å². The molecular formula is C14H21N3OS. The molecule has 0 spiro atoms. The lowest BCUT2D eigenvalue weighted by molar-refractivity contribution is 0.0938. The van der Waals surface area contributed by atoms with Crippen LogP contribution in [0.5, 0.6) is 0 Å². The molecule has 0 aliphatic heterocycles. The lowest BCUT2D eigenvalue weighted by Crippen LogP contribution is -2.38. The van der Waals surface area contributed by atoms with Gasteiger partial charge in [0.2, 0.25) is 0 Å². The second kappa shape index (κ2) is 6.91. The van der Waals surface area contributed by atoms with Crippen LogP contribution in [0.25, 0.3) is 0 Å². The molecule has 0 saturated heterocycles. The number of hydrogen-bond acceptors (Lipinski definition) is 4. The third-order valence-electron chi connectivity index (χ3n) is 3.44. The van der Waals surface area contributed by atoms with Crippen LogP contribution in [0, 0.1) is 0 Å². The zero-order chi connectivity index (χ0) is 13.7. The van der Waals surface area contributed by atoms with Crippen LogP contribution in [0.15, 0.2) is 18.3 Å². The van der Waals surface area contributed by atoms with Gasteiger partial charge in [0.1, 0.15) is 0 Å². The number of aromatic nitrogens is 1. The lowest BCUT2D eigenvalue weighted by Gasteiger charge is -2.20. The van der Waals surface area contributed by atoms with Gasteiger partial charge in [-0.1, -0.05) is 13.3 Å². The van der Waals surface area contributed by atoms with Gasteiger partial charge in [-0.3, -0.25) is 9.78 Å². The number of thioether (sulfide) groups is 1. The van der Waals surface area contributed by atoms with Gasteiger partial charge in [0.15, 0.2) is 0 Å². The van der Waals surface area contributed by atoms with E-state index in [0.717, 1.165) is 17.9 Å². The molecule has 3 N–H and O–H groups in total. The summed E-state index contributed by atoms with van der Waals surface area (Å²) in [5.41, 5.74) is 6.95. The highest BCUT2D eigenvalue weighted by Crippen LogP contribution is 2.30. The van der Waals surface area contributed by atoms with Crippen molar-refractivity contribution in [2.24, 2.45) is 5.73 Å². The molecule has 19 heavy (non-hydrogen) atoms. The Balaban J connectivity index is 1.99. The number of nitrogens with one attached hydrogen (secondary N) is 1. The molecule has 0 bridgehead atoms. The quantitative estimate of drug-likeness (QED) is 0.864. The standard InChI is InChI=1S/C14H21N3OS/c1-2-19-13-5-3-4-12(13)17-14(18)10-6-7-16-11(8-10)9-15/h6-8,12-13H,2-5,9,15H2,1H3,(H,17,18). The van der Waals surface area contributed by atoms with Gasteiger partial charge < -0.3 is 11.1 Å². The van der Waals surface area contributed by atoms with Crippen molar-refractivity contribution in [1.82, 2.24) is 10.3 Å². The third-order valence-corrected chi connectivity index (χ3v) is 4.76. The van der Waals surface area contributed by atoms with Crippen molar-refractivity contribution >= 4 is 17.7 Å². The first-order valence-electron chi connectivity index (χ1n) is 6.82. The molecule has 1 aliphatic carbocycles. The first-order chi connectivity index (χ1) is 9.24. The van der Waals surface area contributed by atoms with E-state index in [4.69, 9.17) is 5.73 Å². The molecule has 5 heteroatoms. The normalized spacial score (nSPS) is 22.4. The number of amides is 1. The summed E-state index contributed by atoms with van der Waals surface area (Å²) in [6.45, 7) is 2.52. The predicted molar refractivity (Wildman–Crippen MR) is 79.2 cm³/mol. The lowest BCUT2D eigenvalue weighted by atomic mass is 10.2. The molecule has 1 fully saturated rings. The van der Waals surface area contributed by atoms with E-state index >= 15 is 0 Å². The van der Waals surface area contributed by atoms with E-state index in [1.807, 2.05) is 11.8 Å². The summed E-state index contributed by atoms with van der Waals surface area (Å²) in [7, 11) is 0. The number of rotatable bonds is 5. The number of carbonyl (C=O) groups excluding carboxylic acids is 1. The Morgan fingerprint density at radius 2 is 2.42 bits per heavy atom. The monoisotopic (exact) mass is 279 g/mol. The van der Waals surface area contributed by atoms with E-state index in [0.29, 0.717) is 23.4 Å². The second-order valence-corrected chi connectivity index (χ2v) is 6.26. The number of carbonyl (C=O) groups is 1. The molecular weight excluding hydrogens is 258 g/mol. The van der Waals surface area contributed by atoms with Crippen molar-refractivity contribution in [2.75, 3.05) is 5.75 Å². The van der Waals surface area contributed by atoms with Crippen LogP contribution in [0.4, 0.5) is 0 Å². The minimum atomic E-state index is -0.00861. The van der Waals surface area contributed by atoms with Gasteiger partial charge >= 0.3 is 0 Å². The number of nitrogens with zero attached hydrogens (tertiary/aromatic N) is 1. The molecule has 0 aromatic carbocycles. The Morgan fingerprint density at radius 1 is 1.58 bits per heavy atom. The predicted octanol–water partition coefficient (Wildman–Crippen LogP) is 1.94. The molecule has 1 heterocycles. The maximum absolute atomic E-state index is 12.2. The van der Waals surface area contributed by atoms with E-state index in [2.05, 4.69) is 17.2 Å². The largest absolute Gasteiger partial charge is 0.348 e. The van der Waals surface area contributed by atoms with Crippen LogP contribution >= 0.6 is 11.8 Å². The summed E-state index contributed by atoms with van der Waals surface area (Å²) in [5.74, 6) is 1.09. The van der Waals surface area contributed by atoms with E-state index in [1.54, 1.807) is 18.3 Å².